The van der Waals surface area contributed by atoms with Crippen molar-refractivity contribution in [1.29, 1.82) is 0 Å². The molecule has 1 atom stereocenters. The van der Waals surface area contributed by atoms with Crippen LogP contribution >= 0.6 is 0 Å². The molecule has 19 heavy (non-hydrogen) atoms. The highest BCUT2D eigenvalue weighted by Gasteiger charge is 2.19. The molecule has 1 unspecified atom stereocenters. The molecular weight excluding hydrogens is 238 g/mol. The number of anilines is 1. The summed E-state index contributed by atoms with van der Waals surface area (Å²) in [6, 6.07) is 8.27. The molecule has 2 N–H and O–H groups in total. The van der Waals surface area contributed by atoms with E-state index in [1.807, 2.05) is 19.1 Å². The first kappa shape index (κ1) is 13.6. The molecule has 1 aromatic carbocycles. The van der Waals surface area contributed by atoms with Crippen molar-refractivity contribution in [1.82, 2.24) is 5.32 Å². The summed E-state index contributed by atoms with van der Waals surface area (Å²) < 4.78 is 0. The Morgan fingerprint density at radius 1 is 1.42 bits per heavy atom. The highest BCUT2D eigenvalue weighted by molar-refractivity contribution is 6.42. The first-order chi connectivity index (χ1) is 9.19. The van der Waals surface area contributed by atoms with E-state index in [0.29, 0.717) is 12.4 Å². The van der Waals surface area contributed by atoms with E-state index in [0.717, 1.165) is 12.1 Å². The van der Waals surface area contributed by atoms with Crippen LogP contribution in [0.25, 0.3) is 0 Å². The maximum atomic E-state index is 11.9. The van der Waals surface area contributed by atoms with E-state index >= 15 is 0 Å². The number of carbonyl (C=O) groups is 1. The summed E-state index contributed by atoms with van der Waals surface area (Å²) in [6.45, 7) is 4.86. The second-order valence-electron chi connectivity index (χ2n) is 4.99. The van der Waals surface area contributed by atoms with Gasteiger partial charge in [0.25, 0.3) is 5.91 Å². The third-order valence-corrected chi connectivity index (χ3v) is 3.15. The number of hydrogen-bond acceptors (Lipinski definition) is 3. The molecular formula is C15H21N3O. The largest absolute Gasteiger partial charge is 0.361 e. The zero-order valence-electron chi connectivity index (χ0n) is 11.6. The van der Waals surface area contributed by atoms with Gasteiger partial charge in [0.05, 0.1) is 6.54 Å². The lowest BCUT2D eigenvalue weighted by atomic mass is 10.1. The van der Waals surface area contributed by atoms with E-state index in [2.05, 4.69) is 34.7 Å². The van der Waals surface area contributed by atoms with Crippen molar-refractivity contribution in [2.24, 2.45) is 4.99 Å². The summed E-state index contributed by atoms with van der Waals surface area (Å²) in [5.74, 6) is 0.271. The van der Waals surface area contributed by atoms with Gasteiger partial charge in [-0.1, -0.05) is 25.5 Å². The van der Waals surface area contributed by atoms with E-state index in [1.54, 1.807) is 0 Å². The molecule has 0 spiro atoms. The van der Waals surface area contributed by atoms with Crippen molar-refractivity contribution < 1.29 is 4.79 Å². The summed E-state index contributed by atoms with van der Waals surface area (Å²) in [5, 5.41) is 5.91. The molecule has 2 rings (SSSR count). The Hall–Kier alpha value is -1.84. The molecule has 1 aliphatic rings. The maximum Gasteiger partial charge on any atom is 0.290 e. The van der Waals surface area contributed by atoms with Crippen molar-refractivity contribution in [3.63, 3.8) is 0 Å². The highest BCUT2D eigenvalue weighted by atomic mass is 16.2. The molecule has 1 amide bonds. The number of carbonyl (C=O) groups excluding carboxylic acids is 1. The van der Waals surface area contributed by atoms with Crippen molar-refractivity contribution >= 4 is 17.4 Å². The average Bonchev–Trinajstić information content (AvgIpc) is 2.85. The van der Waals surface area contributed by atoms with Gasteiger partial charge in [-0.15, -0.1) is 0 Å². The SMILES string of the molecule is CCCCc1ccc(NC(=O)C2=NCC(C)N2)cc1. The van der Waals surface area contributed by atoms with Crippen LogP contribution in [0.2, 0.25) is 0 Å². The third-order valence-electron chi connectivity index (χ3n) is 3.15. The third kappa shape index (κ3) is 3.81. The van der Waals surface area contributed by atoms with Gasteiger partial charge in [-0.05, 0) is 37.5 Å². The van der Waals surface area contributed by atoms with E-state index < -0.39 is 0 Å². The van der Waals surface area contributed by atoms with Gasteiger partial charge in [0, 0.05) is 11.7 Å². The van der Waals surface area contributed by atoms with Crippen LogP contribution in [0.3, 0.4) is 0 Å². The second kappa shape index (κ2) is 6.36. The molecule has 0 bridgehead atoms. The van der Waals surface area contributed by atoms with Crippen molar-refractivity contribution in [2.45, 2.75) is 39.2 Å². The van der Waals surface area contributed by atoms with Crippen LogP contribution in [0, 0.1) is 0 Å². The van der Waals surface area contributed by atoms with Gasteiger partial charge < -0.3 is 10.6 Å². The minimum absolute atomic E-state index is 0.161. The standard InChI is InChI=1S/C15H21N3O/c1-3-4-5-12-6-8-13(9-7-12)18-15(19)14-16-10-11(2)17-14/h6-9,11H,3-5,10H2,1-2H3,(H,16,17)(H,18,19). The number of amidine groups is 1. The highest BCUT2D eigenvalue weighted by Crippen LogP contribution is 2.12. The summed E-state index contributed by atoms with van der Waals surface area (Å²) in [4.78, 5) is 16.1. The first-order valence-electron chi connectivity index (χ1n) is 6.90. The second-order valence-corrected chi connectivity index (χ2v) is 4.99. The zero-order valence-corrected chi connectivity index (χ0v) is 11.6. The normalized spacial score (nSPS) is 17.8. The van der Waals surface area contributed by atoms with Gasteiger partial charge >= 0.3 is 0 Å². The topological polar surface area (TPSA) is 53.5 Å². The number of benzene rings is 1. The van der Waals surface area contributed by atoms with Gasteiger partial charge in [0.2, 0.25) is 0 Å². The smallest absolute Gasteiger partial charge is 0.290 e. The summed E-state index contributed by atoms with van der Waals surface area (Å²) >= 11 is 0. The number of nitrogens with one attached hydrogen (secondary N) is 2. The van der Waals surface area contributed by atoms with Crippen LogP contribution in [0.1, 0.15) is 32.3 Å². The molecule has 0 fully saturated rings. The molecule has 0 saturated carbocycles. The number of hydrogen-bond donors (Lipinski definition) is 2. The maximum absolute atomic E-state index is 11.9. The van der Waals surface area contributed by atoms with Gasteiger partial charge in [0.15, 0.2) is 5.84 Å². The molecule has 1 aliphatic heterocycles. The zero-order chi connectivity index (χ0) is 13.7. The predicted octanol–water partition coefficient (Wildman–Crippen LogP) is 2.36. The lowest BCUT2D eigenvalue weighted by molar-refractivity contribution is -0.110. The number of aryl methyl sites for hydroxylation is 1. The van der Waals surface area contributed by atoms with E-state index in [1.165, 1.54) is 18.4 Å². The first-order valence-corrected chi connectivity index (χ1v) is 6.90. The van der Waals surface area contributed by atoms with Crippen LogP contribution in [0.15, 0.2) is 29.3 Å². The summed E-state index contributed by atoms with van der Waals surface area (Å²) in [7, 11) is 0. The van der Waals surface area contributed by atoms with Crippen LogP contribution in [-0.4, -0.2) is 24.3 Å². The van der Waals surface area contributed by atoms with Gasteiger partial charge in [-0.3, -0.25) is 9.79 Å². The Labute approximate surface area is 114 Å². The van der Waals surface area contributed by atoms with E-state index in [-0.39, 0.29) is 11.9 Å². The molecule has 4 heteroatoms. The number of nitrogens with zero attached hydrogens (tertiary/aromatic N) is 1. The van der Waals surface area contributed by atoms with Crippen LogP contribution in [0.5, 0.6) is 0 Å². The van der Waals surface area contributed by atoms with E-state index in [9.17, 15) is 4.79 Å². The molecule has 0 aromatic heterocycles. The number of rotatable bonds is 5. The lowest BCUT2D eigenvalue weighted by Crippen LogP contribution is -2.36. The van der Waals surface area contributed by atoms with Crippen molar-refractivity contribution in [3.05, 3.63) is 29.8 Å². The van der Waals surface area contributed by atoms with E-state index in [4.69, 9.17) is 0 Å². The summed E-state index contributed by atoms with van der Waals surface area (Å²) in [5.41, 5.74) is 2.12. The quantitative estimate of drug-likeness (QED) is 0.853. The fourth-order valence-corrected chi connectivity index (χ4v) is 2.02. The lowest BCUT2D eigenvalue weighted by Gasteiger charge is -2.08. The van der Waals surface area contributed by atoms with Crippen LogP contribution in [-0.2, 0) is 11.2 Å². The van der Waals surface area contributed by atoms with Gasteiger partial charge in [-0.25, -0.2) is 0 Å². The van der Waals surface area contributed by atoms with Crippen molar-refractivity contribution in [2.75, 3.05) is 11.9 Å². The number of aliphatic imine (C=N–C) groups is 1. The van der Waals surface area contributed by atoms with Gasteiger partial charge in [-0.2, -0.15) is 0 Å². The fraction of sp³-hybridized carbons (Fsp3) is 0.467. The fourth-order valence-electron chi connectivity index (χ4n) is 2.02. The minimum atomic E-state index is -0.161. The summed E-state index contributed by atoms with van der Waals surface area (Å²) in [6.07, 6.45) is 3.49. The molecule has 0 saturated heterocycles. The average molecular weight is 259 g/mol. The monoisotopic (exact) mass is 259 g/mol. The molecule has 1 heterocycles. The van der Waals surface area contributed by atoms with Crippen LogP contribution < -0.4 is 10.6 Å². The Balaban J connectivity index is 1.90. The number of unbranched alkanes of at least 4 members (excludes halogenated alkanes) is 1. The Kier molecular flexibility index (Phi) is 4.55. The Bertz CT molecular complexity index is 465. The molecule has 102 valence electrons. The molecule has 0 radical (unpaired) electrons. The Morgan fingerprint density at radius 2 is 2.16 bits per heavy atom. The Morgan fingerprint density at radius 3 is 2.74 bits per heavy atom. The van der Waals surface area contributed by atoms with Crippen molar-refractivity contribution in [3.8, 4) is 0 Å². The van der Waals surface area contributed by atoms with Gasteiger partial charge in [0.1, 0.15) is 0 Å². The molecule has 4 nitrogen and oxygen atoms in total. The van der Waals surface area contributed by atoms with Crippen LogP contribution in [0.4, 0.5) is 5.69 Å². The molecule has 1 aromatic rings. The number of amides is 1. The molecule has 0 aliphatic carbocycles. The minimum Gasteiger partial charge on any atom is -0.361 e. The predicted molar refractivity (Wildman–Crippen MR) is 78.6 cm³/mol.